The molecule has 2 aromatic heterocycles. The van der Waals surface area contributed by atoms with Crippen LogP contribution in [0.3, 0.4) is 0 Å². The van der Waals surface area contributed by atoms with E-state index in [1.54, 1.807) is 25.1 Å². The predicted octanol–water partition coefficient (Wildman–Crippen LogP) is 4.31. The molecule has 7 heteroatoms. The standard InChI is InChI=1S/C22H20FN5O/c1-14-26-20(22(29)28-19-9-5-3-7-17(19)23)12-21(27-14)24-11-10-15-13-25-18-8-4-2-6-16(15)18/h2-9,12-13,25H,10-11H2,1H3,(H,28,29)(H,24,26,27). The molecule has 29 heavy (non-hydrogen) atoms. The lowest BCUT2D eigenvalue weighted by Gasteiger charge is -2.09. The van der Waals surface area contributed by atoms with Crippen LogP contribution in [0, 0.1) is 12.7 Å². The summed E-state index contributed by atoms with van der Waals surface area (Å²) in [5.41, 5.74) is 2.60. The van der Waals surface area contributed by atoms with Gasteiger partial charge in [0.1, 0.15) is 23.2 Å². The van der Waals surface area contributed by atoms with Crippen molar-refractivity contribution in [3.05, 3.63) is 83.7 Å². The van der Waals surface area contributed by atoms with Crippen LogP contribution in [0.2, 0.25) is 0 Å². The number of amides is 1. The van der Waals surface area contributed by atoms with E-state index >= 15 is 0 Å². The minimum atomic E-state index is -0.497. The monoisotopic (exact) mass is 389 g/mol. The molecule has 2 heterocycles. The van der Waals surface area contributed by atoms with Crippen LogP contribution in [0.5, 0.6) is 0 Å². The van der Waals surface area contributed by atoms with Gasteiger partial charge in [-0.25, -0.2) is 14.4 Å². The molecule has 0 radical (unpaired) electrons. The number of fused-ring (bicyclic) bond motifs is 1. The second-order valence-electron chi connectivity index (χ2n) is 6.66. The summed E-state index contributed by atoms with van der Waals surface area (Å²) in [6.07, 6.45) is 2.80. The Morgan fingerprint density at radius 2 is 1.90 bits per heavy atom. The Labute approximate surface area is 167 Å². The summed E-state index contributed by atoms with van der Waals surface area (Å²) in [7, 11) is 0. The van der Waals surface area contributed by atoms with Gasteiger partial charge >= 0.3 is 0 Å². The van der Waals surface area contributed by atoms with Gasteiger partial charge < -0.3 is 15.6 Å². The van der Waals surface area contributed by atoms with Gasteiger partial charge in [-0.3, -0.25) is 4.79 Å². The Balaban J connectivity index is 1.44. The number of hydrogen-bond acceptors (Lipinski definition) is 4. The number of nitrogens with zero attached hydrogens (tertiary/aromatic N) is 2. The van der Waals surface area contributed by atoms with E-state index in [9.17, 15) is 9.18 Å². The molecule has 6 nitrogen and oxygen atoms in total. The molecular weight excluding hydrogens is 369 g/mol. The number of hydrogen-bond donors (Lipinski definition) is 3. The number of nitrogens with one attached hydrogen (secondary N) is 3. The van der Waals surface area contributed by atoms with Crippen molar-refractivity contribution in [2.75, 3.05) is 17.2 Å². The van der Waals surface area contributed by atoms with Crippen molar-refractivity contribution in [2.45, 2.75) is 13.3 Å². The van der Waals surface area contributed by atoms with Crippen molar-refractivity contribution >= 4 is 28.3 Å². The van der Waals surface area contributed by atoms with Crippen LogP contribution in [-0.2, 0) is 6.42 Å². The summed E-state index contributed by atoms with van der Waals surface area (Å²) < 4.78 is 13.8. The molecule has 0 fully saturated rings. The van der Waals surface area contributed by atoms with Gasteiger partial charge in [0.15, 0.2) is 0 Å². The Kier molecular flexibility index (Phi) is 5.20. The molecule has 4 aromatic rings. The number of rotatable bonds is 6. The molecular formula is C22H20FN5O. The number of anilines is 2. The van der Waals surface area contributed by atoms with Crippen molar-refractivity contribution in [2.24, 2.45) is 0 Å². The Hall–Kier alpha value is -3.74. The maximum atomic E-state index is 13.8. The number of aryl methyl sites for hydroxylation is 1. The molecule has 0 bridgehead atoms. The highest BCUT2D eigenvalue weighted by Gasteiger charge is 2.13. The van der Waals surface area contributed by atoms with Gasteiger partial charge in [-0.15, -0.1) is 0 Å². The van der Waals surface area contributed by atoms with Gasteiger partial charge in [0.05, 0.1) is 5.69 Å². The van der Waals surface area contributed by atoms with Gasteiger partial charge in [0.2, 0.25) is 0 Å². The molecule has 0 unspecified atom stereocenters. The average molecular weight is 389 g/mol. The third-order valence-electron chi connectivity index (χ3n) is 4.57. The number of para-hydroxylation sites is 2. The molecule has 0 saturated carbocycles. The first-order chi connectivity index (χ1) is 14.1. The zero-order valence-electron chi connectivity index (χ0n) is 15.9. The summed E-state index contributed by atoms with van der Waals surface area (Å²) in [6.45, 7) is 2.36. The highest BCUT2D eigenvalue weighted by atomic mass is 19.1. The van der Waals surface area contributed by atoms with Crippen LogP contribution < -0.4 is 10.6 Å². The number of benzene rings is 2. The van der Waals surface area contributed by atoms with Gasteiger partial charge in [-0.2, -0.15) is 0 Å². The van der Waals surface area contributed by atoms with Gasteiger partial charge in [0.25, 0.3) is 5.91 Å². The van der Waals surface area contributed by atoms with E-state index in [1.807, 2.05) is 24.4 Å². The van der Waals surface area contributed by atoms with Crippen LogP contribution in [-0.4, -0.2) is 27.4 Å². The van der Waals surface area contributed by atoms with E-state index in [2.05, 4.69) is 31.7 Å². The molecule has 146 valence electrons. The SMILES string of the molecule is Cc1nc(NCCc2c[nH]c3ccccc23)cc(C(=O)Nc2ccccc2F)n1. The van der Waals surface area contributed by atoms with Gasteiger partial charge in [-0.05, 0) is 37.1 Å². The summed E-state index contributed by atoms with van der Waals surface area (Å²) >= 11 is 0. The third-order valence-corrected chi connectivity index (χ3v) is 4.57. The van der Waals surface area contributed by atoms with E-state index in [0.717, 1.165) is 11.9 Å². The van der Waals surface area contributed by atoms with Crippen LogP contribution in [0.4, 0.5) is 15.9 Å². The zero-order chi connectivity index (χ0) is 20.2. The topological polar surface area (TPSA) is 82.7 Å². The maximum absolute atomic E-state index is 13.8. The van der Waals surface area contributed by atoms with Crippen molar-refractivity contribution in [3.63, 3.8) is 0 Å². The summed E-state index contributed by atoms with van der Waals surface area (Å²) in [6, 6.07) is 15.7. The van der Waals surface area contributed by atoms with Crippen LogP contribution >= 0.6 is 0 Å². The summed E-state index contributed by atoms with van der Waals surface area (Å²) in [5, 5.41) is 6.98. The molecule has 0 atom stereocenters. The van der Waals surface area contributed by atoms with E-state index < -0.39 is 11.7 Å². The molecule has 0 spiro atoms. The first-order valence-electron chi connectivity index (χ1n) is 9.30. The predicted molar refractivity (Wildman–Crippen MR) is 112 cm³/mol. The van der Waals surface area contributed by atoms with Crippen molar-refractivity contribution in [3.8, 4) is 0 Å². The molecule has 0 aliphatic carbocycles. The molecule has 0 aliphatic rings. The van der Waals surface area contributed by atoms with E-state index in [0.29, 0.717) is 18.2 Å². The fourth-order valence-corrected chi connectivity index (χ4v) is 3.19. The molecule has 1 amide bonds. The van der Waals surface area contributed by atoms with E-state index in [1.165, 1.54) is 23.1 Å². The van der Waals surface area contributed by atoms with Crippen molar-refractivity contribution < 1.29 is 9.18 Å². The fourth-order valence-electron chi connectivity index (χ4n) is 3.19. The van der Waals surface area contributed by atoms with Gasteiger partial charge in [-0.1, -0.05) is 30.3 Å². The summed E-state index contributed by atoms with van der Waals surface area (Å²) in [4.78, 5) is 24.2. The number of aromatic nitrogens is 3. The van der Waals surface area contributed by atoms with E-state index in [4.69, 9.17) is 0 Å². The minimum Gasteiger partial charge on any atom is -0.370 e. The molecule has 2 aromatic carbocycles. The average Bonchev–Trinajstić information content (AvgIpc) is 3.12. The Bertz CT molecular complexity index is 1170. The van der Waals surface area contributed by atoms with Crippen LogP contribution in [0.15, 0.2) is 60.8 Å². The number of carbonyl (C=O) groups excluding carboxylic acids is 1. The number of halogens is 1. The number of aromatic amines is 1. The zero-order valence-corrected chi connectivity index (χ0v) is 15.9. The lowest BCUT2D eigenvalue weighted by atomic mass is 10.1. The largest absolute Gasteiger partial charge is 0.370 e. The summed E-state index contributed by atoms with van der Waals surface area (Å²) in [5.74, 6) is 0.0285. The lowest BCUT2D eigenvalue weighted by molar-refractivity contribution is 0.102. The van der Waals surface area contributed by atoms with Crippen molar-refractivity contribution in [1.29, 1.82) is 0 Å². The number of H-pyrrole nitrogens is 1. The lowest BCUT2D eigenvalue weighted by Crippen LogP contribution is -2.17. The molecule has 4 rings (SSSR count). The normalized spacial score (nSPS) is 10.8. The highest BCUT2D eigenvalue weighted by Crippen LogP contribution is 2.18. The number of carbonyl (C=O) groups is 1. The van der Waals surface area contributed by atoms with E-state index in [-0.39, 0.29) is 11.4 Å². The molecule has 0 saturated heterocycles. The minimum absolute atomic E-state index is 0.114. The Morgan fingerprint density at radius 3 is 2.76 bits per heavy atom. The Morgan fingerprint density at radius 1 is 1.10 bits per heavy atom. The van der Waals surface area contributed by atoms with Gasteiger partial charge in [0, 0.05) is 29.7 Å². The molecule has 3 N–H and O–H groups in total. The smallest absolute Gasteiger partial charge is 0.274 e. The van der Waals surface area contributed by atoms with Crippen LogP contribution in [0.1, 0.15) is 21.9 Å². The second kappa shape index (κ2) is 8.10. The van der Waals surface area contributed by atoms with Crippen molar-refractivity contribution in [1.82, 2.24) is 15.0 Å². The maximum Gasteiger partial charge on any atom is 0.274 e. The fraction of sp³-hybridized carbons (Fsp3) is 0.136. The second-order valence-corrected chi connectivity index (χ2v) is 6.66. The molecule has 0 aliphatic heterocycles. The highest BCUT2D eigenvalue weighted by molar-refractivity contribution is 6.03. The first kappa shape index (κ1) is 18.6. The van der Waals surface area contributed by atoms with Crippen LogP contribution in [0.25, 0.3) is 10.9 Å². The quantitative estimate of drug-likeness (QED) is 0.459. The first-order valence-corrected chi connectivity index (χ1v) is 9.30. The third kappa shape index (κ3) is 4.24.